The smallest absolute Gasteiger partial charge is 0.269 e. The van der Waals surface area contributed by atoms with Crippen molar-refractivity contribution in [1.29, 1.82) is 0 Å². The van der Waals surface area contributed by atoms with E-state index < -0.39 is 10.8 Å². The lowest BCUT2D eigenvalue weighted by Crippen LogP contribution is -2.49. The van der Waals surface area contributed by atoms with Crippen LogP contribution in [0.15, 0.2) is 66.7 Å². The molecule has 0 aromatic heterocycles. The van der Waals surface area contributed by atoms with Crippen LogP contribution in [0.3, 0.4) is 0 Å². The van der Waals surface area contributed by atoms with Crippen molar-refractivity contribution < 1.29 is 14.5 Å². The second-order valence-electron chi connectivity index (χ2n) is 8.04. The number of anilines is 2. The van der Waals surface area contributed by atoms with Crippen LogP contribution in [0.5, 0.6) is 0 Å². The summed E-state index contributed by atoms with van der Waals surface area (Å²) in [5.74, 6) is -0.405. The lowest BCUT2D eigenvalue weighted by molar-refractivity contribution is -0.384. The first-order chi connectivity index (χ1) is 16.3. The fourth-order valence-electron chi connectivity index (χ4n) is 3.88. The van der Waals surface area contributed by atoms with E-state index in [2.05, 4.69) is 5.32 Å². The highest BCUT2D eigenvalue weighted by atomic mass is 35.5. The highest BCUT2D eigenvalue weighted by molar-refractivity contribution is 6.34. The average Bonchev–Trinajstić information content (AvgIpc) is 2.84. The van der Waals surface area contributed by atoms with Gasteiger partial charge in [0.2, 0.25) is 0 Å². The number of carbonyl (C=O) groups excluding carboxylic acids is 2. The van der Waals surface area contributed by atoms with E-state index in [1.54, 1.807) is 18.2 Å². The minimum atomic E-state index is -0.514. The molecule has 3 aromatic rings. The zero-order valence-corrected chi connectivity index (χ0v) is 19.3. The summed E-state index contributed by atoms with van der Waals surface area (Å²) < 4.78 is 0. The predicted molar refractivity (Wildman–Crippen MR) is 132 cm³/mol. The molecule has 2 amide bonds. The van der Waals surface area contributed by atoms with Crippen LogP contribution in [0.25, 0.3) is 0 Å². The van der Waals surface area contributed by atoms with E-state index in [4.69, 9.17) is 11.6 Å². The molecule has 1 saturated heterocycles. The molecular weight excluding hydrogens is 456 g/mol. The topological polar surface area (TPSA) is 95.8 Å². The van der Waals surface area contributed by atoms with E-state index in [1.807, 2.05) is 41.0 Å². The Morgan fingerprint density at radius 2 is 1.53 bits per heavy atom. The fourth-order valence-corrected chi connectivity index (χ4v) is 4.17. The maximum Gasteiger partial charge on any atom is 0.269 e. The van der Waals surface area contributed by atoms with Crippen LogP contribution in [0, 0.1) is 17.0 Å². The second kappa shape index (κ2) is 9.93. The van der Waals surface area contributed by atoms with Gasteiger partial charge in [0.05, 0.1) is 21.3 Å². The largest absolute Gasteiger partial charge is 0.365 e. The van der Waals surface area contributed by atoms with E-state index in [1.165, 1.54) is 24.3 Å². The molecule has 1 aliphatic rings. The number of non-ortho nitro benzene ring substituents is 1. The zero-order valence-electron chi connectivity index (χ0n) is 18.5. The van der Waals surface area contributed by atoms with Gasteiger partial charge in [0.1, 0.15) is 0 Å². The Kier molecular flexibility index (Phi) is 6.79. The van der Waals surface area contributed by atoms with Crippen LogP contribution < -0.4 is 10.2 Å². The minimum absolute atomic E-state index is 0.00879. The summed E-state index contributed by atoms with van der Waals surface area (Å²) in [7, 11) is 0. The first kappa shape index (κ1) is 23.3. The molecule has 0 unspecified atom stereocenters. The van der Waals surface area contributed by atoms with Crippen molar-refractivity contribution in [3.8, 4) is 0 Å². The summed E-state index contributed by atoms with van der Waals surface area (Å²) in [5.41, 5.74) is 3.19. The van der Waals surface area contributed by atoms with Crippen molar-refractivity contribution in [3.05, 3.63) is 98.6 Å². The fraction of sp³-hybridized carbons (Fsp3) is 0.200. The highest BCUT2D eigenvalue weighted by Crippen LogP contribution is 2.35. The third kappa shape index (κ3) is 5.02. The second-order valence-corrected chi connectivity index (χ2v) is 8.45. The quantitative estimate of drug-likeness (QED) is 0.421. The number of aryl methyl sites for hydroxylation is 1. The molecule has 3 aromatic carbocycles. The number of amides is 2. The Hall–Kier alpha value is -3.91. The molecule has 9 heteroatoms. The number of nitro benzene ring substituents is 1. The van der Waals surface area contributed by atoms with Gasteiger partial charge in [-0.3, -0.25) is 19.7 Å². The monoisotopic (exact) mass is 478 g/mol. The molecular formula is C25H23ClN4O4. The number of nitrogens with zero attached hydrogens (tertiary/aromatic N) is 3. The number of para-hydroxylation sites is 1. The van der Waals surface area contributed by atoms with Gasteiger partial charge in [-0.25, -0.2) is 0 Å². The highest BCUT2D eigenvalue weighted by Gasteiger charge is 2.25. The summed E-state index contributed by atoms with van der Waals surface area (Å²) in [6.07, 6.45) is 0. The Morgan fingerprint density at radius 3 is 2.15 bits per heavy atom. The van der Waals surface area contributed by atoms with Crippen molar-refractivity contribution in [2.75, 3.05) is 36.4 Å². The van der Waals surface area contributed by atoms with Gasteiger partial charge in [-0.15, -0.1) is 0 Å². The Balaban J connectivity index is 1.47. The van der Waals surface area contributed by atoms with E-state index in [-0.39, 0.29) is 11.6 Å². The summed E-state index contributed by atoms with van der Waals surface area (Å²) in [5, 5.41) is 14.2. The third-order valence-electron chi connectivity index (χ3n) is 5.76. The lowest BCUT2D eigenvalue weighted by atomic mass is 10.1. The molecule has 1 aliphatic heterocycles. The van der Waals surface area contributed by atoms with Crippen molar-refractivity contribution in [3.63, 3.8) is 0 Å². The van der Waals surface area contributed by atoms with Crippen molar-refractivity contribution in [2.24, 2.45) is 0 Å². The molecule has 0 aliphatic carbocycles. The number of carbonyl (C=O) groups is 2. The SMILES string of the molecule is Cc1ccc(C(=O)N2CCN(c3c(Cl)cccc3NC(=O)c3ccc([N+](=O)[O-])cc3)CC2)cc1. The van der Waals surface area contributed by atoms with Crippen molar-refractivity contribution >= 4 is 40.5 Å². The Bertz CT molecular complexity index is 1220. The van der Waals surface area contributed by atoms with Crippen LogP contribution in [0.1, 0.15) is 26.3 Å². The molecule has 1 heterocycles. The van der Waals surface area contributed by atoms with Gasteiger partial charge in [0, 0.05) is 49.4 Å². The van der Waals surface area contributed by atoms with Crippen molar-refractivity contribution in [1.82, 2.24) is 4.90 Å². The van der Waals surface area contributed by atoms with Gasteiger partial charge in [-0.2, -0.15) is 0 Å². The van der Waals surface area contributed by atoms with Gasteiger partial charge in [0.15, 0.2) is 0 Å². The molecule has 8 nitrogen and oxygen atoms in total. The molecule has 0 saturated carbocycles. The van der Waals surface area contributed by atoms with Gasteiger partial charge >= 0.3 is 0 Å². The number of piperazine rings is 1. The molecule has 1 N–H and O–H groups in total. The summed E-state index contributed by atoms with van der Waals surface area (Å²) in [6.45, 7) is 4.14. The number of hydrogen-bond acceptors (Lipinski definition) is 5. The molecule has 0 bridgehead atoms. The van der Waals surface area contributed by atoms with E-state index in [0.29, 0.717) is 53.7 Å². The van der Waals surface area contributed by atoms with Crippen LogP contribution >= 0.6 is 11.6 Å². The Morgan fingerprint density at radius 1 is 0.912 bits per heavy atom. The number of nitro groups is 1. The standard InChI is InChI=1S/C25H23ClN4O4/c1-17-5-7-19(8-6-17)25(32)29-15-13-28(14-16-29)23-21(26)3-2-4-22(23)27-24(31)18-9-11-20(12-10-18)30(33)34/h2-12H,13-16H2,1H3,(H,27,31). The number of halogens is 1. The maximum atomic E-state index is 12.8. The van der Waals surface area contributed by atoms with Gasteiger partial charge in [-0.05, 0) is 43.3 Å². The molecule has 174 valence electrons. The van der Waals surface area contributed by atoms with Crippen LogP contribution in [-0.2, 0) is 0 Å². The molecule has 4 rings (SSSR count). The zero-order chi connectivity index (χ0) is 24.2. The Labute approximate surface area is 201 Å². The van der Waals surface area contributed by atoms with Crippen molar-refractivity contribution in [2.45, 2.75) is 6.92 Å². The first-order valence-electron chi connectivity index (χ1n) is 10.8. The normalized spacial score (nSPS) is 13.5. The molecule has 1 fully saturated rings. The number of hydrogen-bond donors (Lipinski definition) is 1. The predicted octanol–water partition coefficient (Wildman–Crippen LogP) is 4.77. The number of nitrogens with one attached hydrogen (secondary N) is 1. The van der Waals surface area contributed by atoms with E-state index >= 15 is 0 Å². The van der Waals surface area contributed by atoms with Gasteiger partial charge in [0.25, 0.3) is 17.5 Å². The van der Waals surface area contributed by atoms with Gasteiger partial charge < -0.3 is 15.1 Å². The molecule has 0 spiro atoms. The van der Waals surface area contributed by atoms with E-state index in [9.17, 15) is 19.7 Å². The summed E-state index contributed by atoms with van der Waals surface area (Å²) >= 11 is 6.51. The van der Waals surface area contributed by atoms with Crippen LogP contribution in [0.4, 0.5) is 17.1 Å². The van der Waals surface area contributed by atoms with Crippen LogP contribution in [0.2, 0.25) is 5.02 Å². The number of benzene rings is 3. The molecule has 0 radical (unpaired) electrons. The lowest BCUT2D eigenvalue weighted by Gasteiger charge is -2.37. The minimum Gasteiger partial charge on any atom is -0.365 e. The van der Waals surface area contributed by atoms with Crippen LogP contribution in [-0.4, -0.2) is 47.8 Å². The summed E-state index contributed by atoms with van der Waals surface area (Å²) in [4.78, 5) is 39.8. The maximum absolute atomic E-state index is 12.8. The summed E-state index contributed by atoms with van der Waals surface area (Å²) in [6, 6.07) is 18.2. The molecule has 34 heavy (non-hydrogen) atoms. The number of rotatable bonds is 5. The third-order valence-corrected chi connectivity index (χ3v) is 6.06. The molecule has 0 atom stereocenters. The van der Waals surface area contributed by atoms with Gasteiger partial charge in [-0.1, -0.05) is 35.4 Å². The van der Waals surface area contributed by atoms with E-state index in [0.717, 1.165) is 5.56 Å². The average molecular weight is 479 g/mol. The first-order valence-corrected chi connectivity index (χ1v) is 11.2.